The van der Waals surface area contributed by atoms with Crippen LogP contribution in [0.2, 0.25) is 0 Å². The van der Waals surface area contributed by atoms with E-state index in [1.807, 2.05) is 18.2 Å². The molecule has 0 unspecified atom stereocenters. The van der Waals surface area contributed by atoms with Crippen LogP contribution in [0.5, 0.6) is 0 Å². The van der Waals surface area contributed by atoms with Crippen LogP contribution < -0.4 is 38.4 Å². The third kappa shape index (κ3) is 11.4. The lowest BCUT2D eigenvalue weighted by Crippen LogP contribution is -2.59. The number of aliphatic imine (C=N–C) groups is 1. The summed E-state index contributed by atoms with van der Waals surface area (Å²) in [5, 5.41) is 11.4. The second-order valence-electron chi connectivity index (χ2n) is 12.0. The molecule has 8 N–H and O–H groups in total. The lowest BCUT2D eigenvalue weighted by molar-refractivity contribution is -0.134. The number of hydrogen-bond donors (Lipinski definition) is 6. The van der Waals surface area contributed by atoms with Crippen molar-refractivity contribution in [3.63, 3.8) is 0 Å². The number of nitrogens with two attached hydrogens (primary N) is 2. The standard InChI is InChI=1S/C34H45N7O7/c1-20(2)27(40-31(44)28(21(3)4)41-34(46)47-19-22-11-6-5-7-12-22)30(43)39-25(14-10-16-37-33(35)36)29(42)38-18-24-17-23-13-8-9-15-26(23)48-32(24)45/h5-9,11-13,15,17,20-21,25,27-28H,10,14,16,18-19H2,1-4H3,(H,38,42)(H,39,43)(H,40,44)(H,41,46)(H4,35,36,37)/t25-,27-,28-/m0/s1. The Bertz CT molecular complexity index is 1640. The van der Waals surface area contributed by atoms with Crippen molar-refractivity contribution >= 4 is 40.7 Å². The number of ether oxygens (including phenoxy) is 1. The highest BCUT2D eigenvalue weighted by Gasteiger charge is 2.32. The molecule has 0 bridgehead atoms. The molecule has 258 valence electrons. The third-order valence-corrected chi connectivity index (χ3v) is 7.43. The fourth-order valence-electron chi connectivity index (χ4n) is 4.77. The molecule has 3 atom stereocenters. The second-order valence-corrected chi connectivity index (χ2v) is 12.0. The van der Waals surface area contributed by atoms with E-state index >= 15 is 0 Å². The van der Waals surface area contributed by atoms with Crippen molar-refractivity contribution in [1.29, 1.82) is 0 Å². The maximum atomic E-state index is 13.6. The van der Waals surface area contributed by atoms with Gasteiger partial charge in [-0.3, -0.25) is 19.4 Å². The van der Waals surface area contributed by atoms with E-state index in [1.165, 1.54) is 0 Å². The molecule has 1 heterocycles. The Hall–Kier alpha value is -5.40. The van der Waals surface area contributed by atoms with Gasteiger partial charge >= 0.3 is 11.7 Å². The first-order valence-electron chi connectivity index (χ1n) is 15.8. The monoisotopic (exact) mass is 663 g/mol. The number of para-hydroxylation sites is 1. The average molecular weight is 664 g/mol. The number of hydrogen-bond acceptors (Lipinski definition) is 8. The van der Waals surface area contributed by atoms with Crippen molar-refractivity contribution in [2.45, 2.75) is 71.8 Å². The molecule has 0 spiro atoms. The minimum absolute atomic E-state index is 0.0224. The van der Waals surface area contributed by atoms with Crippen molar-refractivity contribution in [2.75, 3.05) is 6.54 Å². The van der Waals surface area contributed by atoms with Crippen molar-refractivity contribution in [1.82, 2.24) is 21.3 Å². The van der Waals surface area contributed by atoms with Crippen LogP contribution in [0.15, 0.2) is 74.9 Å². The fraction of sp³-hybridized carbons (Fsp3) is 0.412. The van der Waals surface area contributed by atoms with E-state index in [-0.39, 0.29) is 49.5 Å². The first-order chi connectivity index (χ1) is 22.8. The maximum Gasteiger partial charge on any atom is 0.408 e. The summed E-state index contributed by atoms with van der Waals surface area (Å²) in [6.45, 7) is 7.07. The number of rotatable bonds is 16. The normalized spacial score (nSPS) is 12.9. The van der Waals surface area contributed by atoms with Crippen molar-refractivity contribution in [2.24, 2.45) is 28.3 Å². The summed E-state index contributed by atoms with van der Waals surface area (Å²) in [6, 6.07) is 14.6. The minimum atomic E-state index is -1.05. The molecule has 0 aliphatic rings. The predicted molar refractivity (Wildman–Crippen MR) is 181 cm³/mol. The zero-order valence-corrected chi connectivity index (χ0v) is 27.7. The molecule has 0 saturated heterocycles. The van der Waals surface area contributed by atoms with Gasteiger partial charge in [-0.2, -0.15) is 0 Å². The quantitative estimate of drug-likeness (QED) is 0.0571. The molecular weight excluding hydrogens is 618 g/mol. The number of amides is 4. The highest BCUT2D eigenvalue weighted by molar-refractivity contribution is 5.94. The summed E-state index contributed by atoms with van der Waals surface area (Å²) in [7, 11) is 0. The first-order valence-corrected chi connectivity index (χ1v) is 15.8. The lowest BCUT2D eigenvalue weighted by atomic mass is 9.99. The Balaban J connectivity index is 1.69. The molecule has 0 radical (unpaired) electrons. The van der Waals surface area contributed by atoms with Crippen LogP contribution in [0.3, 0.4) is 0 Å². The summed E-state index contributed by atoms with van der Waals surface area (Å²) >= 11 is 0. The summed E-state index contributed by atoms with van der Waals surface area (Å²) < 4.78 is 10.6. The molecule has 3 aromatic rings. The Morgan fingerprint density at radius 3 is 2.12 bits per heavy atom. The van der Waals surface area contributed by atoms with Gasteiger partial charge in [0, 0.05) is 11.9 Å². The number of nitrogens with one attached hydrogen (secondary N) is 4. The number of carbonyl (C=O) groups excluding carboxylic acids is 4. The smallest absolute Gasteiger partial charge is 0.408 e. The molecule has 4 amide bonds. The average Bonchev–Trinajstić information content (AvgIpc) is 3.05. The summed E-state index contributed by atoms with van der Waals surface area (Å²) in [5.74, 6) is -2.60. The van der Waals surface area contributed by atoms with Crippen molar-refractivity contribution in [3.05, 3.63) is 82.2 Å². The van der Waals surface area contributed by atoms with Crippen LogP contribution in [0.25, 0.3) is 11.0 Å². The molecule has 0 saturated carbocycles. The highest BCUT2D eigenvalue weighted by Crippen LogP contribution is 2.13. The van der Waals surface area contributed by atoms with Crippen LogP contribution in [0.4, 0.5) is 4.79 Å². The predicted octanol–water partition coefficient (Wildman–Crippen LogP) is 2.04. The number of guanidine groups is 1. The van der Waals surface area contributed by atoms with Crippen molar-refractivity contribution in [3.8, 4) is 0 Å². The topological polar surface area (TPSA) is 220 Å². The van der Waals surface area contributed by atoms with Gasteiger partial charge in [0.05, 0.1) is 12.1 Å². The van der Waals surface area contributed by atoms with Crippen molar-refractivity contribution < 1.29 is 28.3 Å². The van der Waals surface area contributed by atoms with E-state index in [0.29, 0.717) is 17.4 Å². The van der Waals surface area contributed by atoms with Gasteiger partial charge in [0.1, 0.15) is 30.3 Å². The van der Waals surface area contributed by atoms with Crippen LogP contribution in [-0.4, -0.2) is 54.4 Å². The molecule has 14 heteroatoms. The second kappa shape index (κ2) is 18.1. The summed E-state index contributed by atoms with van der Waals surface area (Å²) in [4.78, 5) is 69.3. The Kier molecular flexibility index (Phi) is 14.0. The molecule has 0 aliphatic carbocycles. The first kappa shape index (κ1) is 37.1. The SMILES string of the molecule is CC(C)[C@H](NC(=O)OCc1ccccc1)C(=O)N[C@H](C(=O)N[C@@H](CCCN=C(N)N)C(=O)NCc1cc2ccccc2oc1=O)C(C)C. The van der Waals surface area contributed by atoms with Crippen LogP contribution >= 0.6 is 0 Å². The van der Waals surface area contributed by atoms with E-state index in [1.54, 1.807) is 70.2 Å². The number of carbonyl (C=O) groups is 4. The van der Waals surface area contributed by atoms with Gasteiger partial charge in [-0.05, 0) is 42.4 Å². The Morgan fingerprint density at radius 2 is 1.46 bits per heavy atom. The Labute approximate surface area is 279 Å². The number of fused-ring (bicyclic) bond motifs is 1. The van der Waals surface area contributed by atoms with E-state index in [9.17, 15) is 24.0 Å². The van der Waals surface area contributed by atoms with Gasteiger partial charge in [-0.15, -0.1) is 0 Å². The minimum Gasteiger partial charge on any atom is -0.445 e. The molecule has 0 aliphatic heterocycles. The number of benzene rings is 2. The van der Waals surface area contributed by atoms with Crippen LogP contribution in [0.1, 0.15) is 51.7 Å². The molecule has 14 nitrogen and oxygen atoms in total. The molecular formula is C34H45N7O7. The van der Waals surface area contributed by atoms with Gasteiger partial charge in [0.2, 0.25) is 17.7 Å². The molecule has 3 rings (SSSR count). The third-order valence-electron chi connectivity index (χ3n) is 7.43. The van der Waals surface area contributed by atoms with E-state index < -0.39 is 47.6 Å². The molecule has 48 heavy (non-hydrogen) atoms. The summed E-state index contributed by atoms with van der Waals surface area (Å²) in [6.07, 6.45) is -0.281. The van der Waals surface area contributed by atoms with Gasteiger partial charge in [-0.25, -0.2) is 9.59 Å². The highest BCUT2D eigenvalue weighted by atomic mass is 16.5. The van der Waals surface area contributed by atoms with E-state index in [4.69, 9.17) is 20.6 Å². The zero-order chi connectivity index (χ0) is 35.2. The Morgan fingerprint density at radius 1 is 0.833 bits per heavy atom. The molecule has 2 aromatic carbocycles. The van der Waals surface area contributed by atoms with Gasteiger partial charge < -0.3 is 41.9 Å². The van der Waals surface area contributed by atoms with Crippen LogP contribution in [0, 0.1) is 11.8 Å². The summed E-state index contributed by atoms with van der Waals surface area (Å²) in [5.41, 5.74) is 11.7. The van der Waals surface area contributed by atoms with Gasteiger partial charge in [0.25, 0.3) is 0 Å². The number of alkyl carbamates (subject to hydrolysis) is 1. The molecule has 0 fully saturated rings. The van der Waals surface area contributed by atoms with Crippen LogP contribution in [-0.2, 0) is 32.3 Å². The van der Waals surface area contributed by atoms with E-state index in [2.05, 4.69) is 26.3 Å². The lowest BCUT2D eigenvalue weighted by Gasteiger charge is -2.28. The zero-order valence-electron chi connectivity index (χ0n) is 27.7. The van der Waals surface area contributed by atoms with Gasteiger partial charge in [-0.1, -0.05) is 76.2 Å². The number of nitrogens with zero attached hydrogens (tertiary/aromatic N) is 1. The largest absolute Gasteiger partial charge is 0.445 e. The van der Waals surface area contributed by atoms with E-state index in [0.717, 1.165) is 5.56 Å². The maximum absolute atomic E-state index is 13.6. The molecule has 1 aromatic heterocycles. The van der Waals surface area contributed by atoms with Gasteiger partial charge in [0.15, 0.2) is 5.96 Å². The fourth-order valence-corrected chi connectivity index (χ4v) is 4.77.